The van der Waals surface area contributed by atoms with Crippen LogP contribution in [0.4, 0.5) is 0 Å². The van der Waals surface area contributed by atoms with Crippen LogP contribution in [0.15, 0.2) is 54.9 Å². The van der Waals surface area contributed by atoms with Crippen LogP contribution < -0.4 is 5.32 Å². The molecule has 3 heterocycles. The zero-order valence-corrected chi connectivity index (χ0v) is 16.5. The Labute approximate surface area is 172 Å². The number of benzene rings is 2. The maximum atomic E-state index is 12.9. The van der Waals surface area contributed by atoms with E-state index in [2.05, 4.69) is 16.4 Å². The molecular formula is C24H21N3O3. The van der Waals surface area contributed by atoms with Gasteiger partial charge in [-0.3, -0.25) is 14.9 Å². The maximum absolute atomic E-state index is 12.9. The number of rotatable bonds is 5. The molecule has 4 aromatic rings. The van der Waals surface area contributed by atoms with Crippen LogP contribution in [-0.2, 0) is 16.1 Å². The first kappa shape index (κ1) is 18.4. The van der Waals surface area contributed by atoms with E-state index in [4.69, 9.17) is 0 Å². The van der Waals surface area contributed by atoms with E-state index >= 15 is 0 Å². The van der Waals surface area contributed by atoms with Crippen molar-refractivity contribution in [3.05, 3.63) is 71.5 Å². The van der Waals surface area contributed by atoms with Gasteiger partial charge in [-0.1, -0.05) is 30.3 Å². The topological polar surface area (TPSA) is 87.1 Å². The first-order valence-electron chi connectivity index (χ1n) is 9.95. The smallest absolute Gasteiger partial charge is 0.259 e. The average Bonchev–Trinajstić information content (AvgIpc) is 3.39. The maximum Gasteiger partial charge on any atom is 0.259 e. The number of hydrogen-bond acceptors (Lipinski definition) is 3. The van der Waals surface area contributed by atoms with Crippen molar-refractivity contribution in [2.24, 2.45) is 0 Å². The summed E-state index contributed by atoms with van der Waals surface area (Å²) in [6.45, 7) is 2.73. The molecule has 5 rings (SSSR count). The van der Waals surface area contributed by atoms with Crippen molar-refractivity contribution in [2.45, 2.75) is 19.9 Å². The lowest BCUT2D eigenvalue weighted by Crippen LogP contribution is -2.22. The Hall–Kier alpha value is -3.64. The number of nitrogens with zero attached hydrogens (tertiary/aromatic N) is 1. The van der Waals surface area contributed by atoms with Crippen LogP contribution in [-0.4, -0.2) is 33.1 Å². The molecule has 3 N–H and O–H groups in total. The van der Waals surface area contributed by atoms with Crippen LogP contribution in [0.3, 0.4) is 0 Å². The Kier molecular flexibility index (Phi) is 4.29. The molecule has 2 amide bonds. The average molecular weight is 399 g/mol. The molecular weight excluding hydrogens is 378 g/mol. The highest BCUT2D eigenvalue weighted by molar-refractivity contribution is 6.50. The molecule has 0 fully saturated rings. The van der Waals surface area contributed by atoms with Gasteiger partial charge in [0.05, 0.1) is 11.1 Å². The molecule has 0 unspecified atom stereocenters. The predicted molar refractivity (Wildman–Crippen MR) is 117 cm³/mol. The molecule has 150 valence electrons. The normalized spacial score (nSPS) is 14.3. The van der Waals surface area contributed by atoms with Gasteiger partial charge in [-0.15, -0.1) is 0 Å². The Morgan fingerprint density at radius 1 is 0.967 bits per heavy atom. The highest BCUT2D eigenvalue weighted by Crippen LogP contribution is 2.38. The molecule has 0 bridgehead atoms. The van der Waals surface area contributed by atoms with Crippen LogP contribution in [0.5, 0.6) is 0 Å². The number of hydrogen-bond donors (Lipinski definition) is 3. The molecule has 30 heavy (non-hydrogen) atoms. The monoisotopic (exact) mass is 399 g/mol. The quantitative estimate of drug-likeness (QED) is 0.450. The highest BCUT2D eigenvalue weighted by atomic mass is 16.3. The first-order valence-corrected chi connectivity index (χ1v) is 9.95. The zero-order valence-electron chi connectivity index (χ0n) is 16.5. The van der Waals surface area contributed by atoms with E-state index in [0.717, 1.165) is 32.9 Å². The van der Waals surface area contributed by atoms with E-state index < -0.39 is 0 Å². The highest BCUT2D eigenvalue weighted by Gasteiger charge is 2.35. The third-order valence-corrected chi connectivity index (χ3v) is 5.65. The van der Waals surface area contributed by atoms with Gasteiger partial charge in [-0.2, -0.15) is 0 Å². The summed E-state index contributed by atoms with van der Waals surface area (Å²) in [5.74, 6) is -0.773. The summed E-state index contributed by atoms with van der Waals surface area (Å²) in [7, 11) is 0. The number of aryl methyl sites for hydroxylation is 2. The minimum atomic E-state index is -0.387. The van der Waals surface area contributed by atoms with Gasteiger partial charge >= 0.3 is 0 Å². The van der Waals surface area contributed by atoms with E-state index in [0.29, 0.717) is 29.7 Å². The van der Waals surface area contributed by atoms with Gasteiger partial charge in [0.25, 0.3) is 11.8 Å². The second kappa shape index (κ2) is 7.00. The summed E-state index contributed by atoms with van der Waals surface area (Å²) in [6, 6.07) is 13.8. The summed E-state index contributed by atoms with van der Waals surface area (Å²) in [5.41, 5.74) is 5.22. The molecule has 0 atom stereocenters. The number of imide groups is 1. The predicted octanol–water partition coefficient (Wildman–Crippen LogP) is 3.38. The number of H-pyrrole nitrogens is 1. The molecule has 2 aromatic heterocycles. The fraction of sp³-hybridized carbons (Fsp3) is 0.167. The number of amides is 2. The van der Waals surface area contributed by atoms with Crippen molar-refractivity contribution < 1.29 is 14.7 Å². The third-order valence-electron chi connectivity index (χ3n) is 5.65. The fourth-order valence-corrected chi connectivity index (χ4v) is 4.27. The lowest BCUT2D eigenvalue weighted by Gasteiger charge is -2.03. The second-order valence-electron chi connectivity index (χ2n) is 7.62. The Morgan fingerprint density at radius 3 is 2.53 bits per heavy atom. The van der Waals surface area contributed by atoms with Gasteiger partial charge < -0.3 is 14.7 Å². The number of fused-ring (bicyclic) bond motifs is 2. The van der Waals surface area contributed by atoms with E-state index in [1.54, 1.807) is 6.20 Å². The van der Waals surface area contributed by atoms with Crippen molar-refractivity contribution in [2.75, 3.05) is 6.61 Å². The summed E-state index contributed by atoms with van der Waals surface area (Å²) in [4.78, 5) is 28.9. The molecule has 0 saturated heterocycles. The van der Waals surface area contributed by atoms with Crippen molar-refractivity contribution >= 4 is 44.8 Å². The summed E-state index contributed by atoms with van der Waals surface area (Å²) < 4.78 is 2.05. The lowest BCUT2D eigenvalue weighted by atomic mass is 9.95. The largest absolute Gasteiger partial charge is 0.396 e. The number of nitrogens with one attached hydrogen (secondary N) is 2. The molecule has 1 aliphatic rings. The minimum absolute atomic E-state index is 0.0864. The van der Waals surface area contributed by atoms with E-state index in [1.807, 2.05) is 54.1 Å². The van der Waals surface area contributed by atoms with Gasteiger partial charge in [0.2, 0.25) is 0 Å². The number of para-hydroxylation sites is 1. The molecule has 6 heteroatoms. The second-order valence-corrected chi connectivity index (χ2v) is 7.62. The summed E-state index contributed by atoms with van der Waals surface area (Å²) in [6.07, 6.45) is 4.31. The Balaban J connectivity index is 1.80. The molecule has 0 saturated carbocycles. The van der Waals surface area contributed by atoms with Crippen LogP contribution in [0.1, 0.15) is 23.1 Å². The van der Waals surface area contributed by atoms with Gasteiger partial charge in [-0.25, -0.2) is 0 Å². The van der Waals surface area contributed by atoms with E-state index in [-0.39, 0.29) is 18.4 Å². The van der Waals surface area contributed by atoms with Gasteiger partial charge in [0.1, 0.15) is 0 Å². The molecule has 0 aliphatic carbocycles. The van der Waals surface area contributed by atoms with Gasteiger partial charge in [0.15, 0.2) is 0 Å². The minimum Gasteiger partial charge on any atom is -0.396 e. The van der Waals surface area contributed by atoms with Crippen molar-refractivity contribution in [3.63, 3.8) is 0 Å². The number of carbonyl (C=O) groups excluding carboxylic acids is 2. The standard InChI is InChI=1S/C24H21N3O3/c1-14-7-8-16-18(13-27(9-4-10-28)20(16)11-14)22-21(23(29)26-24(22)30)17-12-25-19-6-3-2-5-15(17)19/h2-3,5-8,11-13,25,28H,4,9-10H2,1H3,(H,26,29,30). The molecule has 1 aliphatic heterocycles. The lowest BCUT2D eigenvalue weighted by molar-refractivity contribution is -0.122. The van der Waals surface area contributed by atoms with Crippen LogP contribution in [0, 0.1) is 6.92 Å². The number of aromatic nitrogens is 2. The van der Waals surface area contributed by atoms with Crippen LogP contribution >= 0.6 is 0 Å². The number of aliphatic hydroxyl groups excluding tert-OH is 1. The molecule has 0 radical (unpaired) electrons. The van der Waals surface area contributed by atoms with Crippen LogP contribution in [0.2, 0.25) is 0 Å². The van der Waals surface area contributed by atoms with Gasteiger partial charge in [-0.05, 0) is 31.0 Å². The zero-order chi connectivity index (χ0) is 20.8. The number of aliphatic hydroxyl groups is 1. The fourth-order valence-electron chi connectivity index (χ4n) is 4.27. The first-order chi connectivity index (χ1) is 14.6. The van der Waals surface area contributed by atoms with Crippen LogP contribution in [0.25, 0.3) is 33.0 Å². The van der Waals surface area contributed by atoms with Crippen molar-refractivity contribution in [3.8, 4) is 0 Å². The molecule has 0 spiro atoms. The number of aromatic amines is 1. The summed E-state index contributed by atoms with van der Waals surface area (Å²) >= 11 is 0. The van der Waals surface area contributed by atoms with Crippen molar-refractivity contribution in [1.29, 1.82) is 0 Å². The van der Waals surface area contributed by atoms with E-state index in [1.165, 1.54) is 0 Å². The van der Waals surface area contributed by atoms with Crippen molar-refractivity contribution in [1.82, 2.24) is 14.9 Å². The van der Waals surface area contributed by atoms with Gasteiger partial charge in [0, 0.05) is 58.5 Å². The Bertz CT molecular complexity index is 1360. The third kappa shape index (κ3) is 2.76. The Morgan fingerprint density at radius 2 is 1.73 bits per heavy atom. The van der Waals surface area contributed by atoms with E-state index in [9.17, 15) is 14.7 Å². The number of carbonyl (C=O) groups is 2. The molecule has 2 aromatic carbocycles. The summed E-state index contributed by atoms with van der Waals surface area (Å²) in [5, 5.41) is 13.6. The SMILES string of the molecule is Cc1ccc2c(C3=C(c4c[nH]c5ccccc45)C(=O)NC3=O)cn(CCCO)c2c1. The molecule has 6 nitrogen and oxygen atoms in total.